The van der Waals surface area contributed by atoms with E-state index in [1.807, 2.05) is 36.4 Å². The molecule has 5 aromatic rings. The lowest BCUT2D eigenvalue weighted by Crippen LogP contribution is -2.68. The number of imidazole rings is 1. The molecule has 0 fully saturated rings. The highest BCUT2D eigenvalue weighted by Gasteiger charge is 2.32. The summed E-state index contributed by atoms with van der Waals surface area (Å²) in [5, 5.41) is 0. The van der Waals surface area contributed by atoms with Crippen LogP contribution in [0, 0.1) is 10.2 Å². The van der Waals surface area contributed by atoms with E-state index in [1.165, 1.54) is 6.20 Å². The molecule has 0 aliphatic carbocycles. The third-order valence-corrected chi connectivity index (χ3v) is 4.43. The number of nitrogens with zero attached hydrogens (tertiary/aromatic N) is 6. The summed E-state index contributed by atoms with van der Waals surface area (Å²) < 4.78 is 35.5. The first-order valence-electron chi connectivity index (χ1n) is 8.36. The largest absolute Gasteiger partial charge is 0.285 e. The molecule has 0 N–H and O–H groups in total. The maximum absolute atomic E-state index is 12.7. The molecular formula is C18H8ClN6O5-. The molecule has 148 valence electrons. The van der Waals surface area contributed by atoms with Crippen molar-refractivity contribution in [2.24, 2.45) is 0 Å². The quantitative estimate of drug-likeness (QED) is 0.244. The number of fused-ring (bicyclic) bond motifs is 7. The number of benzene rings is 2. The summed E-state index contributed by atoms with van der Waals surface area (Å²) in [5.41, 5.74) is 5.33. The summed E-state index contributed by atoms with van der Waals surface area (Å²) in [6.07, 6.45) is 3.08. The number of carbonyl (C=O) groups is 1. The molecule has 0 bridgehead atoms. The van der Waals surface area contributed by atoms with Crippen LogP contribution in [0.1, 0.15) is 10.5 Å². The van der Waals surface area contributed by atoms with Crippen LogP contribution in [0.2, 0.25) is 0 Å². The highest BCUT2D eigenvalue weighted by Crippen LogP contribution is 2.33. The smallest absolute Gasteiger partial charge is 0.266 e. The molecule has 11 nitrogen and oxygen atoms in total. The highest BCUT2D eigenvalue weighted by molar-refractivity contribution is 6.11. The molecule has 0 saturated carbocycles. The van der Waals surface area contributed by atoms with E-state index >= 15 is 0 Å². The zero-order valence-corrected chi connectivity index (χ0v) is 15.5. The molecule has 30 heavy (non-hydrogen) atoms. The second-order valence-corrected chi connectivity index (χ2v) is 7.01. The van der Waals surface area contributed by atoms with Gasteiger partial charge in [-0.15, -0.1) is 10.2 Å². The van der Waals surface area contributed by atoms with Crippen LogP contribution in [0.15, 0.2) is 48.8 Å². The number of carbonyl (C=O) groups excluding carboxylic acids is 1. The SMILES string of the molecule is O=C1c2nccnc2-c2nc3cc4nc5ccccc5nc4cc3n21.[O-][Cl+3]([O-])([O-])[O-]. The molecule has 12 heteroatoms. The monoisotopic (exact) mass is 423 g/mol. The Bertz CT molecular complexity index is 1470. The van der Waals surface area contributed by atoms with Gasteiger partial charge >= 0.3 is 0 Å². The Morgan fingerprint density at radius 1 is 0.733 bits per heavy atom. The van der Waals surface area contributed by atoms with Gasteiger partial charge in [0.15, 0.2) is 11.5 Å². The Labute approximate surface area is 168 Å². The summed E-state index contributed by atoms with van der Waals surface area (Å²) in [4.78, 5) is 35.0. The summed E-state index contributed by atoms with van der Waals surface area (Å²) in [6.45, 7) is 0. The van der Waals surface area contributed by atoms with Crippen molar-refractivity contribution in [2.75, 3.05) is 0 Å². The molecule has 0 saturated heterocycles. The van der Waals surface area contributed by atoms with E-state index in [1.54, 1.807) is 10.8 Å². The minimum atomic E-state index is -4.94. The van der Waals surface area contributed by atoms with E-state index in [0.717, 1.165) is 22.1 Å². The van der Waals surface area contributed by atoms with Crippen molar-refractivity contribution in [3.05, 3.63) is 54.5 Å². The topological polar surface area (TPSA) is 179 Å². The minimum Gasteiger partial charge on any atom is -0.266 e. The van der Waals surface area contributed by atoms with Crippen molar-refractivity contribution in [1.82, 2.24) is 29.5 Å². The fraction of sp³-hybridized carbons (Fsp3) is 0. The molecular weight excluding hydrogens is 416 g/mol. The van der Waals surface area contributed by atoms with Crippen LogP contribution in [-0.2, 0) is 0 Å². The summed E-state index contributed by atoms with van der Waals surface area (Å²) in [6, 6.07) is 11.4. The Balaban J connectivity index is 0.000000349. The van der Waals surface area contributed by atoms with E-state index < -0.39 is 10.2 Å². The van der Waals surface area contributed by atoms with E-state index in [4.69, 9.17) is 18.6 Å². The predicted molar refractivity (Wildman–Crippen MR) is 91.1 cm³/mol. The normalized spacial score (nSPS) is 12.7. The molecule has 2 aromatic carbocycles. The van der Waals surface area contributed by atoms with E-state index in [-0.39, 0.29) is 5.91 Å². The van der Waals surface area contributed by atoms with Crippen molar-refractivity contribution in [2.45, 2.75) is 0 Å². The Morgan fingerprint density at radius 3 is 1.93 bits per heavy atom. The number of rotatable bonds is 0. The van der Waals surface area contributed by atoms with Gasteiger partial charge in [-0.1, -0.05) is 12.1 Å². The zero-order valence-electron chi connectivity index (χ0n) is 14.7. The fourth-order valence-corrected chi connectivity index (χ4v) is 3.32. The Hall–Kier alpha value is -3.61. The number of halogens is 1. The van der Waals surface area contributed by atoms with Crippen LogP contribution in [-0.4, -0.2) is 35.4 Å². The van der Waals surface area contributed by atoms with Crippen LogP contribution < -0.4 is 18.6 Å². The molecule has 0 radical (unpaired) electrons. The van der Waals surface area contributed by atoms with Crippen molar-refractivity contribution in [1.29, 1.82) is 0 Å². The van der Waals surface area contributed by atoms with Crippen LogP contribution in [0.3, 0.4) is 0 Å². The molecule has 1 aliphatic heterocycles. The second-order valence-electron chi connectivity index (χ2n) is 6.25. The van der Waals surface area contributed by atoms with Crippen LogP contribution in [0.5, 0.6) is 0 Å². The molecule has 0 amide bonds. The molecule has 1 aliphatic rings. The van der Waals surface area contributed by atoms with Gasteiger partial charge in [-0.25, -0.2) is 43.6 Å². The first-order valence-corrected chi connectivity index (χ1v) is 9.60. The first kappa shape index (κ1) is 18.4. The molecule has 0 unspecified atom stereocenters. The molecule has 0 spiro atoms. The van der Waals surface area contributed by atoms with Crippen LogP contribution in [0.25, 0.3) is 44.6 Å². The van der Waals surface area contributed by atoms with Gasteiger partial charge in [0.1, 0.15) is 5.69 Å². The molecule has 3 aromatic heterocycles. The maximum atomic E-state index is 12.7. The van der Waals surface area contributed by atoms with Gasteiger partial charge in [-0.05, 0) is 24.3 Å². The zero-order chi connectivity index (χ0) is 21.0. The van der Waals surface area contributed by atoms with Gasteiger partial charge in [-0.2, -0.15) is 0 Å². The lowest BCUT2D eigenvalue weighted by atomic mass is 10.2. The van der Waals surface area contributed by atoms with Crippen molar-refractivity contribution in [3.63, 3.8) is 0 Å². The highest BCUT2D eigenvalue weighted by atomic mass is 35.7. The fourth-order valence-electron chi connectivity index (χ4n) is 3.32. The lowest BCUT2D eigenvalue weighted by Gasteiger charge is -2.17. The van der Waals surface area contributed by atoms with Crippen molar-refractivity contribution < 1.29 is 33.7 Å². The summed E-state index contributed by atoms with van der Waals surface area (Å²) >= 11 is 0. The van der Waals surface area contributed by atoms with Gasteiger partial charge in [0.05, 0.1) is 33.1 Å². The molecule has 4 heterocycles. The number of hydrogen-bond donors (Lipinski definition) is 0. The number of para-hydroxylation sites is 2. The van der Waals surface area contributed by atoms with Gasteiger partial charge in [0.25, 0.3) is 5.91 Å². The van der Waals surface area contributed by atoms with Crippen LogP contribution >= 0.6 is 0 Å². The van der Waals surface area contributed by atoms with Gasteiger partial charge < -0.3 is 0 Å². The Kier molecular flexibility index (Phi) is 3.96. The summed E-state index contributed by atoms with van der Waals surface area (Å²) in [7, 11) is -4.94. The van der Waals surface area contributed by atoms with Gasteiger partial charge in [0.2, 0.25) is 0 Å². The lowest BCUT2D eigenvalue weighted by molar-refractivity contribution is -2.00. The van der Waals surface area contributed by atoms with Crippen molar-refractivity contribution in [3.8, 4) is 11.5 Å². The third kappa shape index (κ3) is 3.03. The second kappa shape index (κ2) is 6.45. The maximum Gasteiger partial charge on any atom is 0.285 e. The third-order valence-electron chi connectivity index (χ3n) is 4.43. The van der Waals surface area contributed by atoms with Gasteiger partial charge in [-0.3, -0.25) is 9.36 Å². The average Bonchev–Trinajstić information content (AvgIpc) is 3.19. The molecule has 6 rings (SSSR count). The minimum absolute atomic E-state index is 0.214. The summed E-state index contributed by atoms with van der Waals surface area (Å²) in [5.74, 6) is 0.302. The Morgan fingerprint density at radius 2 is 1.30 bits per heavy atom. The predicted octanol–water partition coefficient (Wildman–Crippen LogP) is -2.16. The van der Waals surface area contributed by atoms with E-state index in [0.29, 0.717) is 28.2 Å². The van der Waals surface area contributed by atoms with E-state index in [9.17, 15) is 4.79 Å². The van der Waals surface area contributed by atoms with Crippen LogP contribution in [0.4, 0.5) is 0 Å². The standard InChI is InChI=1S/C18H8N6O.ClHO4/c25-18-16-15(19-5-6-20-16)17-23-13-7-11-12(8-14(13)24(17)18)22-10-4-2-1-3-9(10)21-11;2-1(3,4)5/h1-8H;(H,2,3,4,5)/p-1. The number of hydrogen-bond acceptors (Lipinski definition) is 10. The molecule has 0 atom stereocenters. The number of aromatic nitrogens is 6. The average molecular weight is 424 g/mol. The van der Waals surface area contributed by atoms with Crippen molar-refractivity contribution >= 4 is 39.0 Å². The first-order chi connectivity index (χ1) is 14.3. The van der Waals surface area contributed by atoms with Gasteiger partial charge in [0, 0.05) is 12.4 Å². The van der Waals surface area contributed by atoms with E-state index in [2.05, 4.69) is 24.9 Å².